The largest absolute Gasteiger partial charge is 0.370 e. The Labute approximate surface area is 136 Å². The van der Waals surface area contributed by atoms with Crippen LogP contribution in [0.25, 0.3) is 0 Å². The molecule has 0 saturated carbocycles. The van der Waals surface area contributed by atoms with Gasteiger partial charge in [-0.3, -0.25) is 4.79 Å². The minimum atomic E-state index is -0.101. The van der Waals surface area contributed by atoms with Crippen molar-refractivity contribution < 1.29 is 9.53 Å². The van der Waals surface area contributed by atoms with Crippen LogP contribution in [0.4, 0.5) is 0 Å². The molecule has 6 nitrogen and oxygen atoms in total. The van der Waals surface area contributed by atoms with Gasteiger partial charge in [0.25, 0.3) is 5.91 Å². The fourth-order valence-electron chi connectivity index (χ4n) is 2.97. The van der Waals surface area contributed by atoms with Crippen LogP contribution in [0, 0.1) is 13.8 Å². The van der Waals surface area contributed by atoms with E-state index in [0.29, 0.717) is 18.8 Å². The Morgan fingerprint density at radius 1 is 1.35 bits per heavy atom. The minimum Gasteiger partial charge on any atom is -0.370 e. The highest BCUT2D eigenvalue weighted by Crippen LogP contribution is 2.28. The molecule has 1 aliphatic rings. The summed E-state index contributed by atoms with van der Waals surface area (Å²) in [7, 11) is 1.73. The third-order valence-electron chi connectivity index (χ3n) is 4.41. The molecule has 1 saturated heterocycles. The number of carbonyl (C=O) groups is 1. The smallest absolute Gasteiger partial charge is 0.274 e. The summed E-state index contributed by atoms with van der Waals surface area (Å²) >= 11 is 0. The molecule has 3 rings (SSSR count). The molecular formula is C17H22N4O2. The van der Waals surface area contributed by atoms with Gasteiger partial charge in [-0.15, -0.1) is 5.10 Å². The lowest BCUT2D eigenvalue weighted by molar-refractivity contribution is -0.0492. The van der Waals surface area contributed by atoms with E-state index in [2.05, 4.69) is 42.4 Å². The number of hydrogen-bond donors (Lipinski definition) is 0. The number of morpholine rings is 1. The number of aromatic nitrogens is 3. The lowest BCUT2D eigenvalue weighted by atomic mass is 9.98. The summed E-state index contributed by atoms with van der Waals surface area (Å²) < 4.78 is 7.52. The lowest BCUT2D eigenvalue weighted by Crippen LogP contribution is -2.48. The zero-order valence-electron chi connectivity index (χ0n) is 14.0. The Balaban J connectivity index is 1.86. The van der Waals surface area contributed by atoms with E-state index in [1.54, 1.807) is 7.05 Å². The zero-order valence-corrected chi connectivity index (χ0v) is 14.0. The molecule has 122 valence electrons. The van der Waals surface area contributed by atoms with Crippen LogP contribution < -0.4 is 0 Å². The number of nitrogens with zero attached hydrogens (tertiary/aromatic N) is 4. The van der Waals surface area contributed by atoms with Crippen LogP contribution in [0.15, 0.2) is 24.4 Å². The Bertz CT molecular complexity index is 725. The SMILES string of the molecule is Cc1ccc(C)c([C@H]2CN(C(=O)c3cnnn3C)[C@H](C)CO2)c1. The molecule has 0 spiro atoms. The van der Waals surface area contributed by atoms with Crippen molar-refractivity contribution in [3.8, 4) is 0 Å². The number of aryl methyl sites for hydroxylation is 3. The molecule has 0 radical (unpaired) electrons. The maximum Gasteiger partial charge on any atom is 0.274 e. The number of carbonyl (C=O) groups excluding carboxylic acids is 1. The number of rotatable bonds is 2. The molecule has 0 N–H and O–H groups in total. The van der Waals surface area contributed by atoms with Gasteiger partial charge < -0.3 is 9.64 Å². The lowest BCUT2D eigenvalue weighted by Gasteiger charge is -2.38. The number of hydrogen-bond acceptors (Lipinski definition) is 4. The number of amides is 1. The van der Waals surface area contributed by atoms with E-state index in [4.69, 9.17) is 4.74 Å². The minimum absolute atomic E-state index is 0.0266. The van der Waals surface area contributed by atoms with E-state index in [9.17, 15) is 4.79 Å². The van der Waals surface area contributed by atoms with Gasteiger partial charge in [-0.1, -0.05) is 29.0 Å². The van der Waals surface area contributed by atoms with Crippen molar-refractivity contribution in [3.63, 3.8) is 0 Å². The van der Waals surface area contributed by atoms with Gasteiger partial charge in [0.15, 0.2) is 0 Å². The van der Waals surface area contributed by atoms with E-state index in [0.717, 1.165) is 5.56 Å². The summed E-state index contributed by atoms with van der Waals surface area (Å²) in [4.78, 5) is 14.6. The van der Waals surface area contributed by atoms with Crippen molar-refractivity contribution in [3.05, 3.63) is 46.8 Å². The standard InChI is InChI=1S/C17H22N4O2/c1-11-5-6-12(2)14(7-11)16-9-21(13(3)10-23-16)17(22)15-8-18-19-20(15)4/h5-8,13,16H,9-10H2,1-4H3/t13-,16-/m1/s1. The van der Waals surface area contributed by atoms with Gasteiger partial charge in [-0.25, -0.2) is 4.68 Å². The molecule has 0 unspecified atom stereocenters. The van der Waals surface area contributed by atoms with Crippen LogP contribution in [0.1, 0.15) is 40.2 Å². The van der Waals surface area contributed by atoms with Crippen molar-refractivity contribution in [2.24, 2.45) is 7.05 Å². The second-order valence-electron chi connectivity index (χ2n) is 6.23. The summed E-state index contributed by atoms with van der Waals surface area (Å²) in [6.45, 7) is 7.21. The monoisotopic (exact) mass is 314 g/mol. The average Bonchev–Trinajstić information content (AvgIpc) is 2.96. The van der Waals surface area contributed by atoms with E-state index in [1.807, 2.05) is 11.8 Å². The third kappa shape index (κ3) is 2.99. The molecule has 6 heteroatoms. The summed E-state index contributed by atoms with van der Waals surface area (Å²) in [6, 6.07) is 6.36. The van der Waals surface area contributed by atoms with Gasteiger partial charge in [-0.2, -0.15) is 0 Å². The quantitative estimate of drug-likeness (QED) is 0.851. The Morgan fingerprint density at radius 3 is 2.83 bits per heavy atom. The first-order valence-electron chi connectivity index (χ1n) is 7.81. The molecule has 0 aliphatic carbocycles. The summed E-state index contributed by atoms with van der Waals surface area (Å²) in [5.74, 6) is -0.0522. The van der Waals surface area contributed by atoms with E-state index >= 15 is 0 Å². The summed E-state index contributed by atoms with van der Waals surface area (Å²) in [6.07, 6.45) is 1.41. The van der Waals surface area contributed by atoms with Crippen LogP contribution in [0.5, 0.6) is 0 Å². The van der Waals surface area contributed by atoms with Gasteiger partial charge >= 0.3 is 0 Å². The van der Waals surface area contributed by atoms with E-state index in [-0.39, 0.29) is 18.1 Å². The second-order valence-corrected chi connectivity index (χ2v) is 6.23. The normalized spacial score (nSPS) is 21.5. The maximum atomic E-state index is 12.8. The van der Waals surface area contributed by atoms with Crippen molar-refractivity contribution in [2.45, 2.75) is 32.9 Å². The molecule has 1 aliphatic heterocycles. The maximum absolute atomic E-state index is 12.8. The molecule has 1 aromatic heterocycles. The highest BCUT2D eigenvalue weighted by Gasteiger charge is 2.32. The molecule has 23 heavy (non-hydrogen) atoms. The van der Waals surface area contributed by atoms with Crippen LogP contribution in [-0.2, 0) is 11.8 Å². The van der Waals surface area contributed by atoms with Gasteiger partial charge in [0, 0.05) is 7.05 Å². The predicted octanol–water partition coefficient (Wildman–Crippen LogP) is 2.03. The predicted molar refractivity (Wildman–Crippen MR) is 86.1 cm³/mol. The van der Waals surface area contributed by atoms with Crippen LogP contribution in [0.3, 0.4) is 0 Å². The Hall–Kier alpha value is -2.21. The topological polar surface area (TPSA) is 60.2 Å². The van der Waals surface area contributed by atoms with Crippen LogP contribution in [-0.4, -0.2) is 45.0 Å². The molecular weight excluding hydrogens is 292 g/mol. The van der Waals surface area contributed by atoms with Crippen molar-refractivity contribution in [1.82, 2.24) is 19.9 Å². The summed E-state index contributed by atoms with van der Waals surface area (Å²) in [5, 5.41) is 7.65. The van der Waals surface area contributed by atoms with Gasteiger partial charge in [0.05, 0.1) is 25.4 Å². The molecule has 0 bridgehead atoms. The average molecular weight is 314 g/mol. The number of ether oxygens (including phenoxy) is 1. The fourth-order valence-corrected chi connectivity index (χ4v) is 2.97. The van der Waals surface area contributed by atoms with Gasteiger partial charge in [-0.05, 0) is 31.9 Å². The fraction of sp³-hybridized carbons (Fsp3) is 0.471. The molecule has 1 aromatic carbocycles. The van der Waals surface area contributed by atoms with Gasteiger partial charge in [0.1, 0.15) is 11.8 Å². The molecule has 2 heterocycles. The second kappa shape index (κ2) is 6.12. The first kappa shape index (κ1) is 15.7. The number of benzene rings is 1. The first-order valence-corrected chi connectivity index (χ1v) is 7.81. The molecule has 1 fully saturated rings. The molecule has 2 atom stereocenters. The first-order chi connectivity index (χ1) is 11.0. The van der Waals surface area contributed by atoms with Crippen molar-refractivity contribution in [2.75, 3.05) is 13.2 Å². The molecule has 2 aromatic rings. The van der Waals surface area contributed by atoms with Crippen molar-refractivity contribution in [1.29, 1.82) is 0 Å². The Kier molecular flexibility index (Phi) is 4.17. The van der Waals surface area contributed by atoms with Crippen molar-refractivity contribution >= 4 is 5.91 Å². The third-order valence-corrected chi connectivity index (χ3v) is 4.41. The highest BCUT2D eigenvalue weighted by atomic mass is 16.5. The highest BCUT2D eigenvalue weighted by molar-refractivity contribution is 5.92. The molecule has 1 amide bonds. The van der Waals surface area contributed by atoms with Gasteiger partial charge in [0.2, 0.25) is 0 Å². The Morgan fingerprint density at radius 2 is 2.13 bits per heavy atom. The van der Waals surface area contributed by atoms with Crippen LogP contribution in [0.2, 0.25) is 0 Å². The summed E-state index contributed by atoms with van der Waals surface area (Å²) in [5.41, 5.74) is 4.03. The van der Waals surface area contributed by atoms with Crippen LogP contribution >= 0.6 is 0 Å². The van der Waals surface area contributed by atoms with E-state index in [1.165, 1.54) is 22.0 Å². The van der Waals surface area contributed by atoms with E-state index < -0.39 is 0 Å². The zero-order chi connectivity index (χ0) is 16.6.